The molecule has 6 heteroatoms. The van der Waals surface area contributed by atoms with E-state index in [9.17, 15) is 14.4 Å². The number of carbonyl (C=O) groups excluding carboxylic acids is 3. The molecule has 0 saturated carbocycles. The highest BCUT2D eigenvalue weighted by atomic mass is 16.7. The van der Waals surface area contributed by atoms with Gasteiger partial charge in [-0.25, -0.2) is 4.79 Å². The van der Waals surface area contributed by atoms with Crippen molar-refractivity contribution < 1.29 is 19.2 Å². The first-order chi connectivity index (χ1) is 15.9. The molecule has 1 aromatic heterocycles. The average molecular weight is 438 g/mol. The van der Waals surface area contributed by atoms with Crippen molar-refractivity contribution >= 4 is 45.1 Å². The Balaban J connectivity index is 1.67. The van der Waals surface area contributed by atoms with Crippen molar-refractivity contribution in [3.63, 3.8) is 0 Å². The standard InChI is InChI=1S/C27H22N2O4/c1-4-29-24-10-9-17(26(31)19-8-6-5-7-15(19)2)11-21(24)22-14-20-18(13-25(22)29)12-23(27(20)32)28-33-16(3)30/h5-11,13-14H,4,12H2,1-3H3/b28-23+. The largest absolute Gasteiger partial charge is 0.341 e. The summed E-state index contributed by atoms with van der Waals surface area (Å²) in [6, 6.07) is 17.2. The number of Topliss-reactive ketones (excluding diaryl/α,β-unsaturated/α-hetero) is 1. The van der Waals surface area contributed by atoms with Crippen molar-refractivity contribution in [1.82, 2.24) is 4.57 Å². The number of aromatic nitrogens is 1. The third-order valence-electron chi connectivity index (χ3n) is 6.21. The Labute approximate surface area is 190 Å². The number of aryl methyl sites for hydroxylation is 2. The predicted molar refractivity (Wildman–Crippen MR) is 127 cm³/mol. The highest BCUT2D eigenvalue weighted by Crippen LogP contribution is 2.35. The fourth-order valence-corrected chi connectivity index (χ4v) is 4.62. The van der Waals surface area contributed by atoms with E-state index in [1.165, 1.54) is 6.92 Å². The minimum absolute atomic E-state index is 0.0274. The molecular formula is C27H22N2O4. The zero-order chi connectivity index (χ0) is 23.3. The van der Waals surface area contributed by atoms with Gasteiger partial charge >= 0.3 is 5.97 Å². The molecular weight excluding hydrogens is 416 g/mol. The van der Waals surface area contributed by atoms with E-state index >= 15 is 0 Å². The van der Waals surface area contributed by atoms with E-state index in [2.05, 4.69) is 16.6 Å². The van der Waals surface area contributed by atoms with Crippen molar-refractivity contribution in [2.75, 3.05) is 0 Å². The second-order valence-corrected chi connectivity index (χ2v) is 8.27. The number of nitrogens with zero attached hydrogens (tertiary/aromatic N) is 2. The van der Waals surface area contributed by atoms with Gasteiger partial charge in [-0.3, -0.25) is 9.59 Å². The molecule has 0 fully saturated rings. The van der Waals surface area contributed by atoms with Crippen molar-refractivity contribution in [3.8, 4) is 0 Å². The molecule has 0 spiro atoms. The van der Waals surface area contributed by atoms with Crippen molar-refractivity contribution in [3.05, 3.63) is 82.4 Å². The summed E-state index contributed by atoms with van der Waals surface area (Å²) < 4.78 is 2.18. The zero-order valence-electron chi connectivity index (χ0n) is 18.6. The molecule has 33 heavy (non-hydrogen) atoms. The molecule has 164 valence electrons. The molecule has 0 radical (unpaired) electrons. The van der Waals surface area contributed by atoms with Crippen LogP contribution in [-0.2, 0) is 22.6 Å². The van der Waals surface area contributed by atoms with Gasteiger partial charge in [-0.2, -0.15) is 0 Å². The summed E-state index contributed by atoms with van der Waals surface area (Å²) in [5, 5.41) is 5.58. The highest BCUT2D eigenvalue weighted by Gasteiger charge is 2.29. The molecule has 0 N–H and O–H groups in total. The second-order valence-electron chi connectivity index (χ2n) is 8.27. The molecule has 0 bridgehead atoms. The minimum Gasteiger partial charge on any atom is -0.341 e. The van der Waals surface area contributed by atoms with Crippen LogP contribution in [-0.4, -0.2) is 27.8 Å². The van der Waals surface area contributed by atoms with E-state index in [0.29, 0.717) is 23.1 Å². The molecule has 0 aliphatic heterocycles. The lowest BCUT2D eigenvalue weighted by atomic mass is 9.97. The molecule has 1 aliphatic rings. The van der Waals surface area contributed by atoms with E-state index in [4.69, 9.17) is 4.84 Å². The van der Waals surface area contributed by atoms with Crippen LogP contribution in [0.3, 0.4) is 0 Å². The summed E-state index contributed by atoms with van der Waals surface area (Å²) >= 11 is 0. The fraction of sp³-hybridized carbons (Fsp3) is 0.185. The monoisotopic (exact) mass is 438 g/mol. The van der Waals surface area contributed by atoms with Crippen LogP contribution < -0.4 is 0 Å². The summed E-state index contributed by atoms with van der Waals surface area (Å²) in [5.41, 5.74) is 5.85. The van der Waals surface area contributed by atoms with Crippen LogP contribution in [0.2, 0.25) is 0 Å². The molecule has 0 amide bonds. The summed E-state index contributed by atoms with van der Waals surface area (Å²) in [6.07, 6.45) is 0.319. The third kappa shape index (κ3) is 3.35. The Bertz CT molecular complexity index is 1520. The van der Waals surface area contributed by atoms with E-state index < -0.39 is 5.97 Å². The maximum atomic E-state index is 13.2. The number of oxime groups is 1. The second kappa shape index (κ2) is 7.81. The van der Waals surface area contributed by atoms with Gasteiger partial charge in [0.2, 0.25) is 5.78 Å². The Morgan fingerprint density at radius 3 is 2.52 bits per heavy atom. The van der Waals surface area contributed by atoms with Gasteiger partial charge in [-0.05, 0) is 55.3 Å². The normalized spacial score (nSPS) is 14.3. The number of benzene rings is 3. The summed E-state index contributed by atoms with van der Waals surface area (Å²) in [6.45, 7) is 5.99. The predicted octanol–water partition coefficient (Wildman–Crippen LogP) is 5.01. The van der Waals surface area contributed by atoms with Gasteiger partial charge in [0.1, 0.15) is 5.71 Å². The maximum absolute atomic E-state index is 13.2. The molecule has 1 heterocycles. The quantitative estimate of drug-likeness (QED) is 0.255. The number of carbonyl (C=O) groups is 3. The van der Waals surface area contributed by atoms with Crippen LogP contribution in [0.5, 0.6) is 0 Å². The fourth-order valence-electron chi connectivity index (χ4n) is 4.62. The highest BCUT2D eigenvalue weighted by molar-refractivity contribution is 6.49. The first kappa shape index (κ1) is 20.8. The van der Waals surface area contributed by atoms with Crippen LogP contribution >= 0.6 is 0 Å². The van der Waals surface area contributed by atoms with Crippen molar-refractivity contribution in [1.29, 1.82) is 0 Å². The van der Waals surface area contributed by atoms with Gasteiger partial charge in [-0.15, -0.1) is 0 Å². The lowest BCUT2D eigenvalue weighted by molar-refractivity contribution is -0.140. The van der Waals surface area contributed by atoms with Gasteiger partial charge in [-0.1, -0.05) is 29.4 Å². The van der Waals surface area contributed by atoms with Crippen LogP contribution in [0.15, 0.2) is 59.8 Å². The lowest BCUT2D eigenvalue weighted by Crippen LogP contribution is -2.09. The average Bonchev–Trinajstić information content (AvgIpc) is 3.29. The first-order valence-electron chi connectivity index (χ1n) is 10.9. The number of fused-ring (bicyclic) bond motifs is 4. The topological polar surface area (TPSA) is 77.7 Å². The van der Waals surface area contributed by atoms with E-state index in [1.54, 1.807) is 0 Å². The van der Waals surface area contributed by atoms with Gasteiger partial charge in [0.05, 0.1) is 0 Å². The summed E-state index contributed by atoms with van der Waals surface area (Å²) in [5.74, 6) is -0.830. The molecule has 1 aliphatic carbocycles. The van der Waals surface area contributed by atoms with Gasteiger partial charge in [0, 0.05) is 58.4 Å². The minimum atomic E-state index is -0.564. The number of ketones is 2. The number of hydrogen-bond donors (Lipinski definition) is 0. The van der Waals surface area contributed by atoms with Gasteiger partial charge < -0.3 is 9.40 Å². The molecule has 0 saturated heterocycles. The van der Waals surface area contributed by atoms with Gasteiger partial charge in [0.15, 0.2) is 5.78 Å². The number of hydrogen-bond acceptors (Lipinski definition) is 5. The molecule has 4 aromatic rings. The Hall–Kier alpha value is -4.06. The first-order valence-corrected chi connectivity index (χ1v) is 10.9. The smallest absolute Gasteiger partial charge is 0.331 e. The van der Waals surface area contributed by atoms with Crippen LogP contribution in [0.4, 0.5) is 0 Å². The Morgan fingerprint density at radius 1 is 1.03 bits per heavy atom. The maximum Gasteiger partial charge on any atom is 0.331 e. The molecule has 5 rings (SSSR count). The molecule has 0 atom stereocenters. The van der Waals surface area contributed by atoms with Crippen LogP contribution in [0, 0.1) is 6.92 Å². The molecule has 6 nitrogen and oxygen atoms in total. The zero-order valence-corrected chi connectivity index (χ0v) is 18.6. The van der Waals surface area contributed by atoms with Crippen LogP contribution in [0.1, 0.15) is 51.3 Å². The number of rotatable bonds is 4. The van der Waals surface area contributed by atoms with Gasteiger partial charge in [0.25, 0.3) is 0 Å². The van der Waals surface area contributed by atoms with E-state index in [1.807, 2.05) is 61.5 Å². The van der Waals surface area contributed by atoms with E-state index in [-0.39, 0.29) is 17.3 Å². The summed E-state index contributed by atoms with van der Waals surface area (Å²) in [4.78, 5) is 41.9. The Kier molecular flexibility index (Phi) is 4.93. The summed E-state index contributed by atoms with van der Waals surface area (Å²) in [7, 11) is 0. The van der Waals surface area contributed by atoms with E-state index in [0.717, 1.165) is 39.5 Å². The molecule has 3 aromatic carbocycles. The Morgan fingerprint density at radius 2 is 1.79 bits per heavy atom. The lowest BCUT2D eigenvalue weighted by Gasteiger charge is -2.06. The SMILES string of the molecule is CCn1c2ccc(C(=O)c3ccccc3C)cc2c2cc3c(cc21)C/C(=N\OC(C)=O)C3=O. The molecule has 0 unspecified atom stereocenters. The van der Waals surface area contributed by atoms with Crippen LogP contribution in [0.25, 0.3) is 21.8 Å². The van der Waals surface area contributed by atoms with Crippen molar-refractivity contribution in [2.24, 2.45) is 5.16 Å². The van der Waals surface area contributed by atoms with Crippen molar-refractivity contribution in [2.45, 2.75) is 33.7 Å². The third-order valence-corrected chi connectivity index (χ3v) is 6.21.